The number of sulfonamides is 1. The van der Waals surface area contributed by atoms with Crippen LogP contribution in [0.1, 0.15) is 16.8 Å². The Morgan fingerprint density at radius 3 is 2.80 bits per heavy atom. The van der Waals surface area contributed by atoms with Gasteiger partial charge in [-0.1, -0.05) is 0 Å². The van der Waals surface area contributed by atoms with E-state index in [2.05, 4.69) is 4.90 Å². The second-order valence-electron chi connectivity index (χ2n) is 5.30. The van der Waals surface area contributed by atoms with Crippen molar-refractivity contribution in [1.82, 2.24) is 9.21 Å². The fraction of sp³-hybridized carbons (Fsp3) is 0.583. The molecule has 1 saturated heterocycles. The molecule has 0 aliphatic carbocycles. The Hall–Kier alpha value is -0.960. The Bertz CT molecular complexity index is 595. The second kappa shape index (κ2) is 5.80. The molecule has 2 N–H and O–H groups in total. The van der Waals surface area contributed by atoms with E-state index in [-0.39, 0.29) is 9.77 Å². The van der Waals surface area contributed by atoms with E-state index in [9.17, 15) is 13.2 Å². The van der Waals surface area contributed by atoms with Gasteiger partial charge >= 0.3 is 0 Å². The van der Waals surface area contributed by atoms with Crippen LogP contribution in [0.4, 0.5) is 0 Å². The molecule has 112 valence electrons. The highest BCUT2D eigenvalue weighted by Gasteiger charge is 2.33. The topological polar surface area (TPSA) is 83.7 Å². The molecule has 1 aliphatic heterocycles. The number of thiophene rings is 1. The second-order valence-corrected chi connectivity index (χ2v) is 8.37. The molecule has 2 rings (SSSR count). The Morgan fingerprint density at radius 2 is 2.25 bits per heavy atom. The summed E-state index contributed by atoms with van der Waals surface area (Å²) >= 11 is 1.05. The summed E-state index contributed by atoms with van der Waals surface area (Å²) in [7, 11) is 0.469. The fourth-order valence-electron chi connectivity index (χ4n) is 2.39. The summed E-state index contributed by atoms with van der Waals surface area (Å²) in [6.45, 7) is 1.94. The summed E-state index contributed by atoms with van der Waals surface area (Å²) in [5, 5.41) is 1.49. The van der Waals surface area contributed by atoms with Gasteiger partial charge in [-0.15, -0.1) is 11.3 Å². The summed E-state index contributed by atoms with van der Waals surface area (Å²) in [4.78, 5) is 13.1. The van der Waals surface area contributed by atoms with Gasteiger partial charge in [-0.25, -0.2) is 8.42 Å². The molecule has 6 nitrogen and oxygen atoms in total. The van der Waals surface area contributed by atoms with Crippen molar-refractivity contribution in [3.63, 3.8) is 0 Å². The first-order valence-corrected chi connectivity index (χ1v) is 8.66. The monoisotopic (exact) mass is 317 g/mol. The van der Waals surface area contributed by atoms with Crippen LogP contribution in [0.25, 0.3) is 0 Å². The van der Waals surface area contributed by atoms with Crippen LogP contribution < -0.4 is 5.73 Å². The quantitative estimate of drug-likeness (QED) is 0.853. The van der Waals surface area contributed by atoms with Gasteiger partial charge in [-0.3, -0.25) is 4.79 Å². The lowest BCUT2D eigenvalue weighted by Crippen LogP contribution is -2.30. The standard InChI is InChI=1S/C12H19N3O3S2/c1-14(2)6-9-3-4-15(7-9)20(17,18)11-5-10(8-19-11)12(13)16/h5,8-9H,3-4,6-7H2,1-2H3,(H2,13,16). The highest BCUT2D eigenvalue weighted by Crippen LogP contribution is 2.28. The van der Waals surface area contributed by atoms with Gasteiger partial charge in [0, 0.05) is 25.0 Å². The molecule has 0 aromatic carbocycles. The number of amides is 1. The van der Waals surface area contributed by atoms with Crippen LogP contribution in [0.2, 0.25) is 0 Å². The lowest BCUT2D eigenvalue weighted by Gasteiger charge is -2.17. The predicted octanol–water partition coefficient (Wildman–Crippen LogP) is 0.419. The van der Waals surface area contributed by atoms with Crippen molar-refractivity contribution in [2.75, 3.05) is 33.7 Å². The average Bonchev–Trinajstić information content (AvgIpc) is 2.95. The van der Waals surface area contributed by atoms with Gasteiger partial charge in [-0.05, 0) is 32.5 Å². The molecule has 0 saturated carbocycles. The lowest BCUT2D eigenvalue weighted by molar-refractivity contribution is 0.100. The van der Waals surface area contributed by atoms with Crippen LogP contribution in [0.15, 0.2) is 15.7 Å². The summed E-state index contributed by atoms with van der Waals surface area (Å²) in [6.07, 6.45) is 0.867. The smallest absolute Gasteiger partial charge is 0.252 e. The third-order valence-electron chi connectivity index (χ3n) is 3.33. The maximum absolute atomic E-state index is 12.5. The molecule has 1 fully saturated rings. The molecule has 1 aromatic heterocycles. The van der Waals surface area contributed by atoms with E-state index in [1.807, 2.05) is 14.1 Å². The number of nitrogens with zero attached hydrogens (tertiary/aromatic N) is 2. The molecule has 2 heterocycles. The molecular weight excluding hydrogens is 298 g/mol. The largest absolute Gasteiger partial charge is 0.366 e. The molecule has 0 spiro atoms. The van der Waals surface area contributed by atoms with Crippen LogP contribution in [-0.4, -0.2) is 57.3 Å². The molecular formula is C12H19N3O3S2. The van der Waals surface area contributed by atoms with E-state index in [0.717, 1.165) is 24.3 Å². The maximum atomic E-state index is 12.5. The first-order valence-electron chi connectivity index (χ1n) is 6.34. The maximum Gasteiger partial charge on any atom is 0.252 e. The highest BCUT2D eigenvalue weighted by atomic mass is 32.2. The van der Waals surface area contributed by atoms with Gasteiger partial charge in [0.15, 0.2) is 0 Å². The van der Waals surface area contributed by atoms with E-state index in [0.29, 0.717) is 19.0 Å². The normalized spacial score (nSPS) is 20.6. The zero-order valence-electron chi connectivity index (χ0n) is 11.6. The van der Waals surface area contributed by atoms with Gasteiger partial charge in [0.1, 0.15) is 4.21 Å². The van der Waals surface area contributed by atoms with Gasteiger partial charge in [0.2, 0.25) is 5.91 Å². The minimum absolute atomic E-state index is 0.191. The molecule has 1 atom stereocenters. The van der Waals surface area contributed by atoms with Crippen molar-refractivity contribution >= 4 is 27.3 Å². The third-order valence-corrected chi connectivity index (χ3v) is 6.61. The zero-order valence-corrected chi connectivity index (χ0v) is 13.2. The van der Waals surface area contributed by atoms with Crippen molar-refractivity contribution in [1.29, 1.82) is 0 Å². The van der Waals surface area contributed by atoms with Crippen molar-refractivity contribution in [2.24, 2.45) is 11.7 Å². The zero-order chi connectivity index (χ0) is 14.9. The minimum atomic E-state index is -3.49. The van der Waals surface area contributed by atoms with Crippen molar-refractivity contribution in [3.8, 4) is 0 Å². The Labute approximate surface area is 123 Å². The number of primary amides is 1. The molecule has 0 radical (unpaired) electrons. The number of hydrogen-bond acceptors (Lipinski definition) is 5. The van der Waals surface area contributed by atoms with Crippen molar-refractivity contribution in [3.05, 3.63) is 17.0 Å². The number of carbonyl (C=O) groups excluding carboxylic acids is 1. The van der Waals surface area contributed by atoms with E-state index in [1.165, 1.54) is 15.8 Å². The first kappa shape index (κ1) is 15.4. The van der Waals surface area contributed by atoms with Crippen LogP contribution >= 0.6 is 11.3 Å². The van der Waals surface area contributed by atoms with E-state index in [4.69, 9.17) is 5.73 Å². The molecule has 0 bridgehead atoms. The van der Waals surface area contributed by atoms with E-state index < -0.39 is 15.9 Å². The van der Waals surface area contributed by atoms with E-state index >= 15 is 0 Å². The van der Waals surface area contributed by atoms with Crippen LogP contribution in [0.5, 0.6) is 0 Å². The molecule has 1 aromatic rings. The summed E-state index contributed by atoms with van der Waals surface area (Å²) < 4.78 is 26.6. The summed E-state index contributed by atoms with van der Waals surface area (Å²) in [6, 6.07) is 1.36. The van der Waals surface area contributed by atoms with Gasteiger partial charge < -0.3 is 10.6 Å². The minimum Gasteiger partial charge on any atom is -0.366 e. The van der Waals surface area contributed by atoms with Gasteiger partial charge in [-0.2, -0.15) is 4.31 Å². The number of hydrogen-bond donors (Lipinski definition) is 1. The Morgan fingerprint density at radius 1 is 1.55 bits per heavy atom. The Balaban J connectivity index is 2.13. The number of rotatable bonds is 5. The van der Waals surface area contributed by atoms with Gasteiger partial charge in [0.25, 0.3) is 10.0 Å². The van der Waals surface area contributed by atoms with Crippen molar-refractivity contribution in [2.45, 2.75) is 10.6 Å². The molecule has 1 amide bonds. The molecule has 8 heteroatoms. The van der Waals surface area contributed by atoms with Gasteiger partial charge in [0.05, 0.1) is 5.56 Å². The van der Waals surface area contributed by atoms with Crippen LogP contribution in [0.3, 0.4) is 0 Å². The predicted molar refractivity (Wildman–Crippen MR) is 78.3 cm³/mol. The third kappa shape index (κ3) is 3.20. The molecule has 1 unspecified atom stereocenters. The van der Waals surface area contributed by atoms with E-state index in [1.54, 1.807) is 0 Å². The SMILES string of the molecule is CN(C)CC1CCN(S(=O)(=O)c2cc(C(N)=O)cs2)C1. The lowest BCUT2D eigenvalue weighted by atomic mass is 10.1. The highest BCUT2D eigenvalue weighted by molar-refractivity contribution is 7.91. The molecule has 20 heavy (non-hydrogen) atoms. The molecule has 1 aliphatic rings. The number of nitrogens with two attached hydrogens (primary N) is 1. The average molecular weight is 317 g/mol. The summed E-state index contributed by atoms with van der Waals surface area (Å²) in [5.41, 5.74) is 5.40. The fourth-order valence-corrected chi connectivity index (χ4v) is 5.24. The van der Waals surface area contributed by atoms with Crippen LogP contribution in [-0.2, 0) is 10.0 Å². The van der Waals surface area contributed by atoms with Crippen molar-refractivity contribution < 1.29 is 13.2 Å². The Kier molecular flexibility index (Phi) is 4.48. The number of carbonyl (C=O) groups is 1. The van der Waals surface area contributed by atoms with Crippen LogP contribution in [0, 0.1) is 5.92 Å². The summed E-state index contributed by atoms with van der Waals surface area (Å²) in [5.74, 6) is -0.245. The first-order chi connectivity index (χ1) is 9.30.